The highest BCUT2D eigenvalue weighted by atomic mass is 16.4. The van der Waals surface area contributed by atoms with Gasteiger partial charge in [-0.15, -0.1) is 0 Å². The van der Waals surface area contributed by atoms with E-state index in [-0.39, 0.29) is 0 Å². The van der Waals surface area contributed by atoms with Gasteiger partial charge in [0.25, 0.3) is 0 Å². The van der Waals surface area contributed by atoms with E-state index in [1.807, 2.05) is 0 Å². The van der Waals surface area contributed by atoms with Gasteiger partial charge in [-0.25, -0.2) is 4.79 Å². The Morgan fingerprint density at radius 2 is 2.33 bits per heavy atom. The van der Waals surface area contributed by atoms with Crippen LogP contribution < -0.4 is 5.73 Å². The highest BCUT2D eigenvalue weighted by molar-refractivity contribution is 5.85. The van der Waals surface area contributed by atoms with Crippen LogP contribution >= 0.6 is 0 Å². The molecule has 3 heteroatoms. The quantitative estimate of drug-likeness (QED) is 0.545. The topological polar surface area (TPSA) is 63.3 Å². The molecule has 1 radical (unpaired) electrons. The lowest BCUT2D eigenvalue weighted by atomic mass is 10.2. The molecule has 0 spiro atoms. The van der Waals surface area contributed by atoms with Crippen LogP contribution in [0, 0.1) is 6.54 Å². The number of aliphatic carboxylic acids is 1. The van der Waals surface area contributed by atoms with Crippen molar-refractivity contribution in [3.8, 4) is 0 Å². The first kappa shape index (κ1) is 8.17. The fraction of sp³-hybridized carbons (Fsp3) is 0.333. The van der Waals surface area contributed by atoms with E-state index in [2.05, 4.69) is 0 Å². The highest BCUT2D eigenvalue weighted by Crippen LogP contribution is 1.94. The number of carboxylic acids is 1. The van der Waals surface area contributed by atoms with Gasteiger partial charge in [-0.1, -0.05) is 6.08 Å². The Morgan fingerprint density at radius 3 is 2.67 bits per heavy atom. The Labute approximate surface area is 54.2 Å². The molecule has 0 heterocycles. The average molecular weight is 128 g/mol. The lowest BCUT2D eigenvalue weighted by Crippen LogP contribution is -1.96. The largest absolute Gasteiger partial charge is 0.478 e. The second kappa shape index (κ2) is 4.09. The summed E-state index contributed by atoms with van der Waals surface area (Å²) in [5.41, 5.74) is 5.34. The molecule has 3 N–H and O–H groups in total. The van der Waals surface area contributed by atoms with Crippen LogP contribution in [0.5, 0.6) is 0 Å². The highest BCUT2D eigenvalue weighted by Gasteiger charge is 1.96. The molecular weight excluding hydrogens is 118 g/mol. The maximum Gasteiger partial charge on any atom is 0.330 e. The van der Waals surface area contributed by atoms with Crippen LogP contribution in [-0.4, -0.2) is 11.1 Å². The van der Waals surface area contributed by atoms with Crippen LogP contribution in [0.15, 0.2) is 11.6 Å². The van der Waals surface area contributed by atoms with E-state index in [4.69, 9.17) is 10.8 Å². The first-order valence-corrected chi connectivity index (χ1v) is 2.62. The summed E-state index contributed by atoms with van der Waals surface area (Å²) in [6.07, 6.45) is 2.07. The van der Waals surface area contributed by atoms with E-state index < -0.39 is 5.97 Å². The lowest BCUT2D eigenvalue weighted by Gasteiger charge is -1.89. The molecular formula is C6H10NO2. The Hall–Kier alpha value is -0.830. The van der Waals surface area contributed by atoms with Gasteiger partial charge in [0.05, 0.1) is 0 Å². The van der Waals surface area contributed by atoms with Crippen molar-refractivity contribution in [2.75, 3.05) is 0 Å². The monoisotopic (exact) mass is 128 g/mol. The van der Waals surface area contributed by atoms with E-state index in [0.717, 1.165) is 0 Å². The molecule has 9 heavy (non-hydrogen) atoms. The van der Waals surface area contributed by atoms with Crippen molar-refractivity contribution in [1.29, 1.82) is 0 Å². The lowest BCUT2D eigenvalue weighted by molar-refractivity contribution is -0.132. The maximum absolute atomic E-state index is 10.1. The molecule has 51 valence electrons. The third-order valence-electron chi connectivity index (χ3n) is 0.897. The van der Waals surface area contributed by atoms with Gasteiger partial charge in [-0.2, -0.15) is 0 Å². The molecule has 0 amide bonds. The van der Waals surface area contributed by atoms with Crippen LogP contribution in [0.2, 0.25) is 0 Å². The molecule has 0 fully saturated rings. The van der Waals surface area contributed by atoms with Gasteiger partial charge in [0.15, 0.2) is 0 Å². The zero-order valence-electron chi connectivity index (χ0n) is 5.29. The first-order chi connectivity index (χ1) is 4.18. The van der Waals surface area contributed by atoms with Gasteiger partial charge in [0, 0.05) is 12.1 Å². The van der Waals surface area contributed by atoms with Crippen LogP contribution in [0.4, 0.5) is 0 Å². The molecule has 0 rings (SSSR count). The SMILES string of the molecule is CC(=CC[CH]N)C(=O)O. The Morgan fingerprint density at radius 1 is 1.78 bits per heavy atom. The van der Waals surface area contributed by atoms with Crippen molar-refractivity contribution in [3.63, 3.8) is 0 Å². The number of carbonyl (C=O) groups is 1. The molecule has 0 aliphatic heterocycles. The third-order valence-corrected chi connectivity index (χ3v) is 0.897. The third kappa shape index (κ3) is 3.73. The summed E-state index contributed by atoms with van der Waals surface area (Å²) in [6, 6.07) is 0. The molecule has 0 aliphatic carbocycles. The van der Waals surface area contributed by atoms with Crippen molar-refractivity contribution < 1.29 is 9.90 Å². The van der Waals surface area contributed by atoms with Crippen molar-refractivity contribution in [2.45, 2.75) is 13.3 Å². The summed E-state index contributed by atoms with van der Waals surface area (Å²) in [4.78, 5) is 10.1. The minimum Gasteiger partial charge on any atom is -0.478 e. The Bertz CT molecular complexity index is 129. The minimum atomic E-state index is -0.892. The minimum absolute atomic E-state index is 0.330. The summed E-state index contributed by atoms with van der Waals surface area (Å²) < 4.78 is 0. The van der Waals surface area contributed by atoms with Gasteiger partial charge in [-0.05, 0) is 13.3 Å². The predicted octanol–water partition coefficient (Wildman–Crippen LogP) is 0.528. The van der Waals surface area contributed by atoms with E-state index in [0.29, 0.717) is 12.0 Å². The van der Waals surface area contributed by atoms with E-state index in [1.165, 1.54) is 13.5 Å². The smallest absolute Gasteiger partial charge is 0.330 e. The summed E-state index contributed by atoms with van der Waals surface area (Å²) in [7, 11) is 0. The summed E-state index contributed by atoms with van der Waals surface area (Å²) in [6.45, 7) is 2.94. The number of hydrogen-bond donors (Lipinski definition) is 2. The second-order valence-electron chi connectivity index (χ2n) is 1.66. The number of hydrogen-bond acceptors (Lipinski definition) is 2. The van der Waals surface area contributed by atoms with E-state index in [9.17, 15) is 4.79 Å². The van der Waals surface area contributed by atoms with Crippen molar-refractivity contribution in [3.05, 3.63) is 18.2 Å². The average Bonchev–Trinajstić information content (AvgIpc) is 1.82. The zero-order valence-corrected chi connectivity index (χ0v) is 5.29. The molecule has 0 atom stereocenters. The van der Waals surface area contributed by atoms with Crippen LogP contribution in [0.25, 0.3) is 0 Å². The zero-order chi connectivity index (χ0) is 7.28. The second-order valence-corrected chi connectivity index (χ2v) is 1.66. The van der Waals surface area contributed by atoms with Gasteiger partial charge in [-0.3, -0.25) is 0 Å². The van der Waals surface area contributed by atoms with Crippen LogP contribution in [-0.2, 0) is 4.79 Å². The fourth-order valence-corrected chi connectivity index (χ4v) is 0.332. The van der Waals surface area contributed by atoms with Gasteiger partial charge >= 0.3 is 5.97 Å². The molecule has 0 aliphatic rings. The number of nitrogens with two attached hydrogens (primary N) is 1. The predicted molar refractivity (Wildman–Crippen MR) is 34.5 cm³/mol. The molecule has 0 saturated heterocycles. The molecule has 0 saturated carbocycles. The standard InChI is InChI=1S/C6H10NO2/c1-5(6(8)9)3-2-4-7/h3-4H,2,7H2,1H3,(H,8,9). The van der Waals surface area contributed by atoms with Gasteiger partial charge in [0.2, 0.25) is 0 Å². The van der Waals surface area contributed by atoms with E-state index >= 15 is 0 Å². The summed E-state index contributed by atoms with van der Waals surface area (Å²) in [5, 5.41) is 8.29. The molecule has 0 bridgehead atoms. The van der Waals surface area contributed by atoms with Crippen LogP contribution in [0.1, 0.15) is 13.3 Å². The number of rotatable bonds is 3. The van der Waals surface area contributed by atoms with Gasteiger partial charge in [0.1, 0.15) is 0 Å². The Kier molecular flexibility index (Phi) is 3.71. The van der Waals surface area contributed by atoms with Crippen molar-refractivity contribution in [2.24, 2.45) is 5.73 Å². The molecule has 0 aromatic carbocycles. The van der Waals surface area contributed by atoms with Crippen molar-refractivity contribution >= 4 is 5.97 Å². The van der Waals surface area contributed by atoms with Crippen LogP contribution in [0.3, 0.4) is 0 Å². The Balaban J connectivity index is 3.69. The summed E-state index contributed by atoms with van der Waals surface area (Å²) in [5.74, 6) is -0.892. The van der Waals surface area contributed by atoms with E-state index in [1.54, 1.807) is 6.08 Å². The normalized spacial score (nSPS) is 11.6. The van der Waals surface area contributed by atoms with Crippen molar-refractivity contribution in [1.82, 2.24) is 0 Å². The molecule has 0 aromatic rings. The molecule has 0 aromatic heterocycles. The fourth-order valence-electron chi connectivity index (χ4n) is 0.332. The van der Waals surface area contributed by atoms with Gasteiger partial charge < -0.3 is 10.8 Å². The summed E-state index contributed by atoms with van der Waals surface area (Å²) >= 11 is 0. The first-order valence-electron chi connectivity index (χ1n) is 2.62. The number of carboxylic acid groups (broad SMARTS) is 1. The molecule has 3 nitrogen and oxygen atoms in total. The maximum atomic E-state index is 10.1. The molecule has 0 unspecified atom stereocenters.